The zero-order chi connectivity index (χ0) is 19.5. The van der Waals surface area contributed by atoms with Crippen LogP contribution in [0.2, 0.25) is 0 Å². The minimum absolute atomic E-state index is 0.234. The second-order valence-electron chi connectivity index (χ2n) is 5.95. The lowest BCUT2D eigenvalue weighted by Crippen LogP contribution is -2.17. The number of ether oxygens (including phenoxy) is 1. The first-order chi connectivity index (χ1) is 13.7. The molecule has 7 heteroatoms. The third-order valence-electron chi connectivity index (χ3n) is 4.27. The number of amides is 1. The van der Waals surface area contributed by atoms with Crippen molar-refractivity contribution >= 4 is 22.6 Å². The van der Waals surface area contributed by atoms with Gasteiger partial charge in [-0.1, -0.05) is 30.3 Å². The number of methoxy groups -OCH3 is 1. The van der Waals surface area contributed by atoms with Crippen LogP contribution < -0.4 is 10.1 Å². The van der Waals surface area contributed by atoms with Gasteiger partial charge < -0.3 is 10.1 Å². The SMILES string of the molecule is COc1ccccc1C(=O)Nc1c(C#N)cnn1-c1ccc2ccccc2n1. The van der Waals surface area contributed by atoms with Crippen LogP contribution in [0.4, 0.5) is 5.82 Å². The van der Waals surface area contributed by atoms with E-state index in [1.54, 1.807) is 30.3 Å². The highest BCUT2D eigenvalue weighted by Gasteiger charge is 2.19. The van der Waals surface area contributed by atoms with Crippen LogP contribution in [0.3, 0.4) is 0 Å². The molecular formula is C21H15N5O2. The van der Waals surface area contributed by atoms with Crippen molar-refractivity contribution in [3.8, 4) is 17.6 Å². The molecule has 0 bridgehead atoms. The van der Waals surface area contributed by atoms with Crippen LogP contribution in [0.5, 0.6) is 5.75 Å². The van der Waals surface area contributed by atoms with Crippen molar-refractivity contribution in [3.63, 3.8) is 0 Å². The van der Waals surface area contributed by atoms with Gasteiger partial charge in [-0.15, -0.1) is 0 Å². The number of para-hydroxylation sites is 2. The van der Waals surface area contributed by atoms with Crippen LogP contribution >= 0.6 is 0 Å². The largest absolute Gasteiger partial charge is 0.496 e. The normalized spacial score (nSPS) is 10.4. The first-order valence-corrected chi connectivity index (χ1v) is 8.50. The Kier molecular flexibility index (Phi) is 4.44. The van der Waals surface area contributed by atoms with Gasteiger partial charge in [-0.05, 0) is 30.3 Å². The number of fused-ring (bicyclic) bond motifs is 1. The molecule has 1 N–H and O–H groups in total. The number of aromatic nitrogens is 3. The van der Waals surface area contributed by atoms with Crippen molar-refractivity contribution in [2.24, 2.45) is 0 Å². The fourth-order valence-corrected chi connectivity index (χ4v) is 2.90. The van der Waals surface area contributed by atoms with Crippen molar-refractivity contribution in [3.05, 3.63) is 78.0 Å². The molecular weight excluding hydrogens is 354 g/mol. The van der Waals surface area contributed by atoms with Gasteiger partial charge >= 0.3 is 0 Å². The van der Waals surface area contributed by atoms with Crippen LogP contribution in [0.25, 0.3) is 16.7 Å². The molecule has 0 aliphatic carbocycles. The van der Waals surface area contributed by atoms with E-state index in [1.807, 2.05) is 30.3 Å². The quantitative estimate of drug-likeness (QED) is 0.594. The van der Waals surface area contributed by atoms with Crippen molar-refractivity contribution in [2.45, 2.75) is 0 Å². The summed E-state index contributed by atoms with van der Waals surface area (Å²) in [5.74, 6) is 0.779. The predicted octanol–water partition coefficient (Wildman–Crippen LogP) is 3.55. The molecule has 2 aromatic carbocycles. The zero-order valence-electron chi connectivity index (χ0n) is 15.0. The highest BCUT2D eigenvalue weighted by atomic mass is 16.5. The number of benzene rings is 2. The van der Waals surface area contributed by atoms with Crippen molar-refractivity contribution in [2.75, 3.05) is 12.4 Å². The zero-order valence-corrected chi connectivity index (χ0v) is 15.0. The monoisotopic (exact) mass is 369 g/mol. The summed E-state index contributed by atoms with van der Waals surface area (Å²) in [5, 5.41) is 17.4. The molecule has 28 heavy (non-hydrogen) atoms. The average Bonchev–Trinajstić information content (AvgIpc) is 3.15. The number of nitrogens with one attached hydrogen (secondary N) is 1. The molecule has 136 valence electrons. The lowest BCUT2D eigenvalue weighted by Gasteiger charge is -2.11. The van der Waals surface area contributed by atoms with Gasteiger partial charge in [0.2, 0.25) is 0 Å². The van der Waals surface area contributed by atoms with Crippen LogP contribution in [-0.2, 0) is 0 Å². The molecule has 0 atom stereocenters. The van der Waals surface area contributed by atoms with Gasteiger partial charge in [-0.3, -0.25) is 4.79 Å². The number of rotatable bonds is 4. The maximum absolute atomic E-state index is 12.8. The molecule has 0 aliphatic rings. The standard InChI is InChI=1S/C21H15N5O2/c1-28-18-9-5-3-7-16(18)21(27)25-20-15(12-22)13-23-26(20)19-11-10-14-6-2-4-8-17(14)24-19/h2-11,13H,1H3,(H,25,27). The summed E-state index contributed by atoms with van der Waals surface area (Å²) in [6.07, 6.45) is 1.40. The first-order valence-electron chi connectivity index (χ1n) is 8.50. The molecule has 0 fully saturated rings. The number of hydrogen-bond donors (Lipinski definition) is 1. The summed E-state index contributed by atoms with van der Waals surface area (Å²) in [6.45, 7) is 0. The van der Waals surface area contributed by atoms with E-state index in [0.717, 1.165) is 10.9 Å². The summed E-state index contributed by atoms with van der Waals surface area (Å²) in [7, 11) is 1.50. The summed E-state index contributed by atoms with van der Waals surface area (Å²) in [4.78, 5) is 17.4. The Hall–Kier alpha value is -4.18. The topological polar surface area (TPSA) is 92.8 Å². The number of carbonyl (C=O) groups is 1. The number of nitriles is 1. The molecule has 4 rings (SSSR count). The maximum Gasteiger partial charge on any atom is 0.260 e. The first kappa shape index (κ1) is 17.2. The maximum atomic E-state index is 12.8. The fourth-order valence-electron chi connectivity index (χ4n) is 2.90. The van der Waals surface area contributed by atoms with Gasteiger partial charge in [-0.2, -0.15) is 15.0 Å². The molecule has 1 amide bonds. The van der Waals surface area contributed by atoms with E-state index in [-0.39, 0.29) is 11.4 Å². The van der Waals surface area contributed by atoms with Crippen molar-refractivity contribution in [1.29, 1.82) is 5.26 Å². The van der Waals surface area contributed by atoms with E-state index in [4.69, 9.17) is 4.74 Å². The Morgan fingerprint density at radius 1 is 1.11 bits per heavy atom. The predicted molar refractivity (Wildman–Crippen MR) is 105 cm³/mol. The van der Waals surface area contributed by atoms with Crippen molar-refractivity contribution in [1.82, 2.24) is 14.8 Å². The molecule has 0 saturated carbocycles. The lowest BCUT2D eigenvalue weighted by atomic mass is 10.2. The number of hydrogen-bond acceptors (Lipinski definition) is 5. The second-order valence-corrected chi connectivity index (χ2v) is 5.95. The van der Waals surface area contributed by atoms with Crippen LogP contribution in [0.1, 0.15) is 15.9 Å². The van der Waals surface area contributed by atoms with Gasteiger partial charge in [0.1, 0.15) is 17.4 Å². The minimum Gasteiger partial charge on any atom is -0.496 e. The van der Waals surface area contributed by atoms with Gasteiger partial charge in [0.25, 0.3) is 5.91 Å². The molecule has 0 aliphatic heterocycles. The lowest BCUT2D eigenvalue weighted by molar-refractivity contribution is 0.102. The highest BCUT2D eigenvalue weighted by Crippen LogP contribution is 2.23. The fraction of sp³-hybridized carbons (Fsp3) is 0.0476. The Labute approximate surface area is 160 Å². The Balaban J connectivity index is 1.76. The minimum atomic E-state index is -0.406. The molecule has 0 unspecified atom stereocenters. The molecule has 7 nitrogen and oxygen atoms in total. The number of nitrogens with zero attached hydrogens (tertiary/aromatic N) is 4. The molecule has 2 heterocycles. The van der Waals surface area contributed by atoms with E-state index in [2.05, 4.69) is 21.5 Å². The van der Waals surface area contributed by atoms with E-state index in [9.17, 15) is 10.1 Å². The summed E-state index contributed by atoms with van der Waals surface area (Å²) >= 11 is 0. The summed E-state index contributed by atoms with van der Waals surface area (Å²) in [6, 6.07) is 20.3. The Bertz CT molecular complexity index is 1220. The van der Waals surface area contributed by atoms with E-state index >= 15 is 0 Å². The molecule has 0 saturated heterocycles. The summed E-state index contributed by atoms with van der Waals surface area (Å²) < 4.78 is 6.69. The third kappa shape index (κ3) is 3.04. The second kappa shape index (κ2) is 7.21. The van der Waals surface area contributed by atoms with E-state index < -0.39 is 5.91 Å². The van der Waals surface area contributed by atoms with E-state index in [1.165, 1.54) is 18.0 Å². The third-order valence-corrected chi connectivity index (χ3v) is 4.27. The summed E-state index contributed by atoms with van der Waals surface area (Å²) in [5.41, 5.74) is 1.38. The van der Waals surface area contributed by atoms with Gasteiger partial charge in [-0.25, -0.2) is 4.98 Å². The van der Waals surface area contributed by atoms with Gasteiger partial charge in [0.05, 0.1) is 24.4 Å². The average molecular weight is 369 g/mol. The van der Waals surface area contributed by atoms with Crippen LogP contribution in [-0.4, -0.2) is 27.8 Å². The molecule has 4 aromatic rings. The molecule has 2 aromatic heterocycles. The van der Waals surface area contributed by atoms with Crippen molar-refractivity contribution < 1.29 is 9.53 Å². The Morgan fingerprint density at radius 3 is 2.71 bits per heavy atom. The van der Waals surface area contributed by atoms with Gasteiger partial charge in [0.15, 0.2) is 11.6 Å². The highest BCUT2D eigenvalue weighted by molar-refractivity contribution is 6.06. The van der Waals surface area contributed by atoms with Crippen LogP contribution in [0, 0.1) is 11.3 Å². The molecule has 0 spiro atoms. The smallest absolute Gasteiger partial charge is 0.260 e. The number of pyridine rings is 1. The van der Waals surface area contributed by atoms with Gasteiger partial charge in [0, 0.05) is 5.39 Å². The number of carbonyl (C=O) groups excluding carboxylic acids is 1. The Morgan fingerprint density at radius 2 is 1.89 bits per heavy atom. The van der Waals surface area contributed by atoms with E-state index in [0.29, 0.717) is 17.1 Å². The van der Waals surface area contributed by atoms with Crippen LogP contribution in [0.15, 0.2) is 66.9 Å². The molecule has 0 radical (unpaired) electrons. The number of anilines is 1.